The zero-order valence-corrected chi connectivity index (χ0v) is 4.87. The summed E-state index contributed by atoms with van der Waals surface area (Å²) in [6.07, 6.45) is 1.39. The molecule has 48 valence electrons. The maximum absolute atomic E-state index is 10.5. The monoisotopic (exact) mass is 125 g/mol. The largest absolute Gasteiger partial charge is 0.858 e. The molecular weight excluding hydrogens is 120 g/mol. The van der Waals surface area contributed by atoms with Crippen LogP contribution in [0.25, 0.3) is 0 Å². The van der Waals surface area contributed by atoms with Gasteiger partial charge in [0.25, 0.3) is 0 Å². The first-order valence-corrected chi connectivity index (χ1v) is 2.41. The first-order chi connectivity index (χ1) is 4.20. The van der Waals surface area contributed by atoms with Crippen LogP contribution in [0.3, 0.4) is 0 Å². The van der Waals surface area contributed by atoms with Gasteiger partial charge in [-0.2, -0.15) is 0 Å². The van der Waals surface area contributed by atoms with Gasteiger partial charge < -0.3 is 9.67 Å². The van der Waals surface area contributed by atoms with Gasteiger partial charge in [-0.25, -0.2) is 9.78 Å². The first-order valence-electron chi connectivity index (χ1n) is 2.41. The van der Waals surface area contributed by atoms with Gasteiger partial charge in [0.15, 0.2) is 0 Å². The van der Waals surface area contributed by atoms with Crippen LogP contribution in [-0.4, -0.2) is 9.55 Å². The molecule has 0 saturated carbocycles. The summed E-state index contributed by atoms with van der Waals surface area (Å²) in [6.45, 7) is 0. The molecule has 0 aromatic carbocycles. The van der Waals surface area contributed by atoms with Crippen LogP contribution in [0.1, 0.15) is 0 Å². The molecule has 0 amide bonds. The molecule has 0 aliphatic heterocycles. The predicted octanol–water partition coefficient (Wildman–Crippen LogP) is -1.15. The zero-order valence-electron chi connectivity index (χ0n) is 4.87. The van der Waals surface area contributed by atoms with Crippen LogP contribution < -0.4 is 10.8 Å². The summed E-state index contributed by atoms with van der Waals surface area (Å²) in [7, 11) is 1.54. The van der Waals surface area contributed by atoms with E-state index in [1.165, 1.54) is 23.9 Å². The summed E-state index contributed by atoms with van der Waals surface area (Å²) >= 11 is 0. The second-order valence-electron chi connectivity index (χ2n) is 1.66. The summed E-state index contributed by atoms with van der Waals surface area (Å²) < 4.78 is 1.24. The van der Waals surface area contributed by atoms with Gasteiger partial charge >= 0.3 is 5.69 Å². The number of nitrogens with zero attached hydrogens (tertiary/aromatic N) is 2. The molecule has 0 aliphatic carbocycles. The number of rotatable bonds is 0. The Morgan fingerprint density at radius 3 is 2.89 bits per heavy atom. The van der Waals surface area contributed by atoms with Gasteiger partial charge in [-0.05, 0) is 11.9 Å². The van der Waals surface area contributed by atoms with Crippen molar-refractivity contribution in [2.24, 2.45) is 7.05 Å². The summed E-state index contributed by atoms with van der Waals surface area (Å²) in [6, 6.07) is 1.24. The van der Waals surface area contributed by atoms with Gasteiger partial charge in [0, 0.05) is 13.2 Å². The molecule has 4 heteroatoms. The molecule has 0 radical (unpaired) electrons. The third-order valence-corrected chi connectivity index (χ3v) is 0.948. The molecule has 0 aliphatic rings. The van der Waals surface area contributed by atoms with E-state index in [1.54, 1.807) is 0 Å². The third kappa shape index (κ3) is 1.07. The van der Waals surface area contributed by atoms with Crippen LogP contribution in [-0.2, 0) is 7.05 Å². The van der Waals surface area contributed by atoms with Crippen molar-refractivity contribution >= 4 is 0 Å². The van der Waals surface area contributed by atoms with Crippen molar-refractivity contribution in [3.05, 3.63) is 22.7 Å². The van der Waals surface area contributed by atoms with Crippen molar-refractivity contribution in [1.82, 2.24) is 9.55 Å². The summed E-state index contributed by atoms with van der Waals surface area (Å²) in [5.41, 5.74) is -0.512. The van der Waals surface area contributed by atoms with Gasteiger partial charge in [-0.1, -0.05) is 0 Å². The molecule has 0 N–H and O–H groups in total. The van der Waals surface area contributed by atoms with Crippen LogP contribution in [0, 0.1) is 0 Å². The van der Waals surface area contributed by atoms with E-state index in [-0.39, 0.29) is 0 Å². The highest BCUT2D eigenvalue weighted by atomic mass is 16.3. The molecular formula is C5H5N2O2-. The van der Waals surface area contributed by atoms with Crippen molar-refractivity contribution in [2.75, 3.05) is 0 Å². The molecule has 1 heterocycles. The summed E-state index contributed by atoms with van der Waals surface area (Å²) in [5.74, 6) is -0.488. The molecule has 0 bridgehead atoms. The van der Waals surface area contributed by atoms with E-state index in [1.807, 2.05) is 0 Å². The van der Waals surface area contributed by atoms with Crippen molar-refractivity contribution in [3.8, 4) is 5.88 Å². The Labute approximate surface area is 51.4 Å². The minimum atomic E-state index is -0.512. The topological polar surface area (TPSA) is 57.9 Å². The molecule has 0 atom stereocenters. The van der Waals surface area contributed by atoms with Gasteiger partial charge in [0.2, 0.25) is 0 Å². The molecule has 1 aromatic rings. The van der Waals surface area contributed by atoms with E-state index in [0.29, 0.717) is 0 Å². The smallest absolute Gasteiger partial charge is 0.346 e. The minimum absolute atomic E-state index is 0.488. The van der Waals surface area contributed by atoms with E-state index in [2.05, 4.69) is 4.98 Å². The average molecular weight is 125 g/mol. The van der Waals surface area contributed by atoms with E-state index in [0.717, 1.165) is 0 Å². The lowest BCUT2D eigenvalue weighted by Gasteiger charge is -2.01. The van der Waals surface area contributed by atoms with E-state index in [4.69, 9.17) is 0 Å². The highest BCUT2D eigenvalue weighted by Crippen LogP contribution is 1.87. The van der Waals surface area contributed by atoms with Gasteiger partial charge in [0.1, 0.15) is 0 Å². The maximum atomic E-state index is 10.5. The van der Waals surface area contributed by atoms with Gasteiger partial charge in [-0.15, -0.1) is 0 Å². The number of aromatic nitrogens is 2. The lowest BCUT2D eigenvalue weighted by molar-refractivity contribution is -0.275. The van der Waals surface area contributed by atoms with E-state index in [9.17, 15) is 9.90 Å². The Morgan fingerprint density at radius 1 is 1.78 bits per heavy atom. The minimum Gasteiger partial charge on any atom is -0.858 e. The fourth-order valence-electron chi connectivity index (χ4n) is 0.450. The number of aryl methyl sites for hydroxylation is 1. The molecule has 0 spiro atoms. The van der Waals surface area contributed by atoms with Gasteiger partial charge in [-0.3, -0.25) is 0 Å². The summed E-state index contributed by atoms with van der Waals surface area (Å²) in [4.78, 5) is 13.6. The molecule has 0 fully saturated rings. The van der Waals surface area contributed by atoms with Crippen molar-refractivity contribution in [3.63, 3.8) is 0 Å². The maximum Gasteiger partial charge on any atom is 0.346 e. The van der Waals surface area contributed by atoms with Crippen LogP contribution >= 0.6 is 0 Å². The lowest BCUT2D eigenvalue weighted by atomic mass is 10.6. The highest BCUT2D eigenvalue weighted by molar-refractivity contribution is 5.00. The van der Waals surface area contributed by atoms with E-state index < -0.39 is 11.6 Å². The van der Waals surface area contributed by atoms with Crippen LogP contribution in [0.2, 0.25) is 0 Å². The third-order valence-electron chi connectivity index (χ3n) is 0.948. The fourth-order valence-corrected chi connectivity index (χ4v) is 0.450. The molecule has 9 heavy (non-hydrogen) atoms. The Kier molecular flexibility index (Phi) is 1.22. The molecule has 1 aromatic heterocycles. The normalized spacial score (nSPS) is 9.44. The lowest BCUT2D eigenvalue weighted by Crippen LogP contribution is -2.20. The molecule has 1 rings (SSSR count). The number of hydrogen-bond acceptors (Lipinski definition) is 3. The second kappa shape index (κ2) is 1.89. The van der Waals surface area contributed by atoms with Gasteiger partial charge in [0.05, 0.1) is 0 Å². The van der Waals surface area contributed by atoms with Crippen molar-refractivity contribution in [2.45, 2.75) is 0 Å². The molecule has 4 nitrogen and oxygen atoms in total. The molecule has 0 saturated heterocycles. The Balaban J connectivity index is 3.34. The Hall–Kier alpha value is -1.32. The van der Waals surface area contributed by atoms with E-state index >= 15 is 0 Å². The first kappa shape index (κ1) is 5.81. The predicted molar refractivity (Wildman–Crippen MR) is 28.9 cm³/mol. The van der Waals surface area contributed by atoms with Crippen LogP contribution in [0.5, 0.6) is 5.88 Å². The van der Waals surface area contributed by atoms with Crippen LogP contribution in [0.4, 0.5) is 0 Å². The van der Waals surface area contributed by atoms with Crippen LogP contribution in [0.15, 0.2) is 17.1 Å². The fraction of sp³-hybridized carbons (Fsp3) is 0.200. The van der Waals surface area contributed by atoms with Crippen molar-refractivity contribution in [1.29, 1.82) is 0 Å². The standard InChI is InChI=1S/C5H6N2O2/c1-7-3-2-4(8)6-5(7)9/h2-3H,1H3,(H,6,8,9)/p-1. The Morgan fingerprint density at radius 2 is 2.44 bits per heavy atom. The SMILES string of the molecule is Cn1ccc([O-])nc1=O. The van der Waals surface area contributed by atoms with Crippen molar-refractivity contribution < 1.29 is 5.11 Å². The number of hydrogen-bond donors (Lipinski definition) is 0. The molecule has 0 unspecified atom stereocenters. The Bertz CT molecular complexity index is 266. The highest BCUT2D eigenvalue weighted by Gasteiger charge is 1.84. The zero-order chi connectivity index (χ0) is 6.85. The second-order valence-corrected chi connectivity index (χ2v) is 1.66. The quantitative estimate of drug-likeness (QED) is 0.440. The summed E-state index contributed by atoms with van der Waals surface area (Å²) in [5, 5.41) is 10.3. The average Bonchev–Trinajstić information content (AvgIpc) is 1.80.